The minimum absolute atomic E-state index is 0.101. The van der Waals surface area contributed by atoms with Crippen LogP contribution in [-0.2, 0) is 16.6 Å². The number of hydrogen-bond donors (Lipinski definition) is 1. The Kier molecular flexibility index (Phi) is 5.35. The first-order chi connectivity index (χ1) is 8.47. The molecule has 100 valence electrons. The zero-order valence-corrected chi connectivity index (χ0v) is 12.3. The van der Waals surface area contributed by atoms with Crippen molar-refractivity contribution >= 4 is 21.4 Å². The van der Waals surface area contributed by atoms with Crippen molar-refractivity contribution in [3.8, 4) is 12.3 Å². The molecule has 18 heavy (non-hydrogen) atoms. The van der Waals surface area contributed by atoms with Crippen LogP contribution in [0.2, 0.25) is 0 Å². The Morgan fingerprint density at radius 3 is 2.67 bits per heavy atom. The molecule has 1 aromatic heterocycles. The number of nitrogens with zero attached hydrogens (tertiary/aromatic N) is 1. The van der Waals surface area contributed by atoms with Gasteiger partial charge in [0.15, 0.2) is 0 Å². The summed E-state index contributed by atoms with van der Waals surface area (Å²) >= 11 is 1.41. The Bertz CT molecular complexity index is 541. The summed E-state index contributed by atoms with van der Waals surface area (Å²) in [5, 5.41) is 0. The average Bonchev–Trinajstić information content (AvgIpc) is 2.71. The number of sulfonamides is 1. The molecule has 0 fully saturated rings. The minimum atomic E-state index is -3.50. The molecule has 0 radical (unpaired) electrons. The summed E-state index contributed by atoms with van der Waals surface area (Å²) in [5.74, 6) is 2.39. The van der Waals surface area contributed by atoms with E-state index in [1.807, 2.05) is 6.92 Å². The third kappa shape index (κ3) is 3.12. The summed E-state index contributed by atoms with van der Waals surface area (Å²) in [4.78, 5) is 1.95. The van der Waals surface area contributed by atoms with Gasteiger partial charge < -0.3 is 5.73 Å². The van der Waals surface area contributed by atoms with Crippen molar-refractivity contribution < 1.29 is 8.42 Å². The van der Waals surface area contributed by atoms with Crippen molar-refractivity contribution in [2.45, 2.75) is 31.7 Å². The predicted molar refractivity (Wildman–Crippen MR) is 74.8 cm³/mol. The molecule has 0 saturated carbocycles. The van der Waals surface area contributed by atoms with Gasteiger partial charge in [0, 0.05) is 22.8 Å². The van der Waals surface area contributed by atoms with E-state index in [1.54, 1.807) is 13.0 Å². The third-order valence-electron chi connectivity index (χ3n) is 2.48. The number of rotatable bonds is 6. The number of thiophene rings is 1. The predicted octanol–water partition coefficient (Wildman–Crippen LogP) is 1.55. The van der Waals surface area contributed by atoms with Crippen LogP contribution < -0.4 is 5.73 Å². The fourth-order valence-corrected chi connectivity index (χ4v) is 4.58. The van der Waals surface area contributed by atoms with Crippen LogP contribution in [0.15, 0.2) is 11.0 Å². The van der Waals surface area contributed by atoms with Gasteiger partial charge in [-0.25, -0.2) is 8.42 Å². The first-order valence-electron chi connectivity index (χ1n) is 5.70. The molecule has 6 heteroatoms. The lowest BCUT2D eigenvalue weighted by molar-refractivity contribution is 0.445. The van der Waals surface area contributed by atoms with Crippen molar-refractivity contribution in [3.63, 3.8) is 0 Å². The number of hydrogen-bond acceptors (Lipinski definition) is 4. The number of aryl methyl sites for hydroxylation is 1. The largest absolute Gasteiger partial charge is 0.326 e. The highest BCUT2D eigenvalue weighted by molar-refractivity contribution is 7.89. The Balaban J connectivity index is 3.17. The summed E-state index contributed by atoms with van der Waals surface area (Å²) in [7, 11) is -3.50. The lowest BCUT2D eigenvalue weighted by Crippen LogP contribution is -2.32. The summed E-state index contributed by atoms with van der Waals surface area (Å²) in [6, 6.07) is 1.65. The average molecular weight is 286 g/mol. The van der Waals surface area contributed by atoms with E-state index in [-0.39, 0.29) is 6.54 Å². The van der Waals surface area contributed by atoms with Crippen molar-refractivity contribution in [3.05, 3.63) is 15.8 Å². The topological polar surface area (TPSA) is 63.4 Å². The van der Waals surface area contributed by atoms with Gasteiger partial charge in [0.05, 0.1) is 11.4 Å². The molecule has 2 N–H and O–H groups in total. The van der Waals surface area contributed by atoms with E-state index in [2.05, 4.69) is 5.92 Å². The lowest BCUT2D eigenvalue weighted by atomic mass is 10.4. The van der Waals surface area contributed by atoms with E-state index in [0.29, 0.717) is 18.0 Å². The van der Waals surface area contributed by atoms with E-state index < -0.39 is 10.0 Å². The summed E-state index contributed by atoms with van der Waals surface area (Å²) in [6.45, 7) is 4.59. The molecule has 0 atom stereocenters. The van der Waals surface area contributed by atoms with E-state index in [9.17, 15) is 8.42 Å². The quantitative estimate of drug-likeness (QED) is 0.807. The second-order valence-corrected chi connectivity index (χ2v) is 7.13. The van der Waals surface area contributed by atoms with E-state index >= 15 is 0 Å². The fourth-order valence-electron chi connectivity index (χ4n) is 1.66. The second kappa shape index (κ2) is 6.34. The number of nitrogens with two attached hydrogens (primary N) is 1. The van der Waals surface area contributed by atoms with E-state index in [0.717, 1.165) is 16.2 Å². The van der Waals surface area contributed by atoms with Crippen LogP contribution in [0.1, 0.15) is 23.1 Å². The molecule has 0 bridgehead atoms. The van der Waals surface area contributed by atoms with Crippen LogP contribution in [0, 0.1) is 19.3 Å². The summed E-state index contributed by atoms with van der Waals surface area (Å²) < 4.78 is 26.3. The highest BCUT2D eigenvalue weighted by Gasteiger charge is 2.26. The van der Waals surface area contributed by atoms with Crippen LogP contribution in [0.3, 0.4) is 0 Å². The Labute approximate surface area is 113 Å². The maximum absolute atomic E-state index is 12.5. The Morgan fingerprint density at radius 2 is 2.22 bits per heavy atom. The van der Waals surface area contributed by atoms with Gasteiger partial charge in [-0.3, -0.25) is 0 Å². The zero-order chi connectivity index (χ0) is 13.8. The van der Waals surface area contributed by atoms with Gasteiger partial charge >= 0.3 is 0 Å². The van der Waals surface area contributed by atoms with Crippen molar-refractivity contribution in [1.29, 1.82) is 0 Å². The molecule has 1 aromatic rings. The smallest absolute Gasteiger partial charge is 0.245 e. The van der Waals surface area contributed by atoms with E-state index in [4.69, 9.17) is 12.2 Å². The fraction of sp³-hybridized carbons (Fsp3) is 0.500. The Hall–Kier alpha value is -0.870. The van der Waals surface area contributed by atoms with Crippen LogP contribution >= 0.6 is 11.3 Å². The highest BCUT2D eigenvalue weighted by Crippen LogP contribution is 2.28. The normalized spacial score (nSPS) is 11.7. The molecule has 0 amide bonds. The Morgan fingerprint density at radius 1 is 1.56 bits per heavy atom. The first-order valence-corrected chi connectivity index (χ1v) is 7.96. The molecule has 0 aromatic carbocycles. The van der Waals surface area contributed by atoms with Crippen molar-refractivity contribution in [2.75, 3.05) is 13.1 Å². The molecule has 0 aliphatic heterocycles. The van der Waals surface area contributed by atoms with Crippen LogP contribution in [-0.4, -0.2) is 25.8 Å². The highest BCUT2D eigenvalue weighted by atomic mass is 32.2. The lowest BCUT2D eigenvalue weighted by Gasteiger charge is -2.18. The maximum atomic E-state index is 12.5. The van der Waals surface area contributed by atoms with Gasteiger partial charge in [-0.15, -0.1) is 17.8 Å². The minimum Gasteiger partial charge on any atom is -0.326 e. The van der Waals surface area contributed by atoms with Gasteiger partial charge in [-0.2, -0.15) is 4.31 Å². The summed E-state index contributed by atoms with van der Waals surface area (Å²) in [5.41, 5.74) is 5.54. The summed E-state index contributed by atoms with van der Waals surface area (Å²) in [6.07, 6.45) is 5.96. The molecule has 0 aliphatic rings. The zero-order valence-electron chi connectivity index (χ0n) is 10.6. The van der Waals surface area contributed by atoms with Gasteiger partial charge in [-0.05, 0) is 19.4 Å². The van der Waals surface area contributed by atoms with Crippen molar-refractivity contribution in [1.82, 2.24) is 4.31 Å². The first kappa shape index (κ1) is 15.2. The number of terminal acetylenes is 1. The molecule has 0 saturated heterocycles. The standard InChI is InChI=1S/C12H18N2O2S2/c1-4-6-14(7-5-2)18(15,16)12-8-11(9-13)17-10(12)3/h1,8H,5-7,9,13H2,2-3H3. The SMILES string of the molecule is C#CCN(CCC)S(=O)(=O)c1cc(CN)sc1C. The molecular formula is C12H18N2O2S2. The molecule has 1 heterocycles. The molecule has 1 rings (SSSR count). The van der Waals surface area contributed by atoms with Gasteiger partial charge in [0.1, 0.15) is 0 Å². The molecule has 0 unspecified atom stereocenters. The van der Waals surface area contributed by atoms with Gasteiger partial charge in [0.2, 0.25) is 10.0 Å². The monoisotopic (exact) mass is 286 g/mol. The molecule has 0 spiro atoms. The van der Waals surface area contributed by atoms with Crippen LogP contribution in [0.25, 0.3) is 0 Å². The van der Waals surface area contributed by atoms with Gasteiger partial charge in [0.25, 0.3) is 0 Å². The van der Waals surface area contributed by atoms with Crippen LogP contribution in [0.5, 0.6) is 0 Å². The molecular weight excluding hydrogens is 268 g/mol. The van der Waals surface area contributed by atoms with E-state index in [1.165, 1.54) is 15.6 Å². The molecule has 0 aliphatic carbocycles. The molecule has 4 nitrogen and oxygen atoms in total. The van der Waals surface area contributed by atoms with Crippen molar-refractivity contribution in [2.24, 2.45) is 5.73 Å². The van der Waals surface area contributed by atoms with Gasteiger partial charge in [-0.1, -0.05) is 12.8 Å². The third-order valence-corrected chi connectivity index (χ3v) is 5.66. The second-order valence-electron chi connectivity index (χ2n) is 3.88. The van der Waals surface area contributed by atoms with Crippen LogP contribution in [0.4, 0.5) is 0 Å². The maximum Gasteiger partial charge on any atom is 0.245 e.